The standard InChI is InChI=1S/C22H19FN6O2/c23-15-6-4-14(5-7-15)18-19(29-20(28-18)21-30-11-2-12-31-21)17-8-10-25-22(27-17)26-16-3-1-9-24-13-16/h1,3-10,13,21H,2,11-12H2,(H,28,29)(H,25,26,27). The molecule has 4 heterocycles. The van der Waals surface area contributed by atoms with Gasteiger partial charge in [0, 0.05) is 18.0 Å². The number of ether oxygens (including phenoxy) is 2. The molecule has 0 aliphatic carbocycles. The minimum atomic E-state index is -0.587. The van der Waals surface area contributed by atoms with Crippen LogP contribution in [0.5, 0.6) is 0 Å². The van der Waals surface area contributed by atoms with Gasteiger partial charge in [0.05, 0.1) is 42.2 Å². The maximum atomic E-state index is 13.5. The lowest BCUT2D eigenvalue weighted by Gasteiger charge is -2.21. The molecule has 1 fully saturated rings. The Hall–Kier alpha value is -3.69. The molecule has 1 saturated heterocycles. The van der Waals surface area contributed by atoms with E-state index in [0.29, 0.717) is 42.1 Å². The minimum Gasteiger partial charge on any atom is -0.346 e. The van der Waals surface area contributed by atoms with Crippen LogP contribution >= 0.6 is 0 Å². The topological polar surface area (TPSA) is 97.8 Å². The van der Waals surface area contributed by atoms with Gasteiger partial charge in [0.1, 0.15) is 5.82 Å². The van der Waals surface area contributed by atoms with Crippen LogP contribution in [-0.2, 0) is 9.47 Å². The van der Waals surface area contributed by atoms with E-state index in [4.69, 9.17) is 14.5 Å². The van der Waals surface area contributed by atoms with Crippen molar-refractivity contribution in [2.45, 2.75) is 12.7 Å². The number of hydrogen-bond donors (Lipinski definition) is 2. The predicted octanol–water partition coefficient (Wildman–Crippen LogP) is 4.25. The lowest BCUT2D eigenvalue weighted by atomic mass is 10.1. The van der Waals surface area contributed by atoms with Crippen molar-refractivity contribution in [3.63, 3.8) is 0 Å². The Kier molecular flexibility index (Phi) is 5.34. The Labute approximate surface area is 177 Å². The fourth-order valence-corrected chi connectivity index (χ4v) is 3.27. The molecule has 0 saturated carbocycles. The zero-order valence-electron chi connectivity index (χ0n) is 16.5. The zero-order chi connectivity index (χ0) is 21.0. The van der Waals surface area contributed by atoms with E-state index in [1.54, 1.807) is 36.8 Å². The second-order valence-corrected chi connectivity index (χ2v) is 6.91. The summed E-state index contributed by atoms with van der Waals surface area (Å²) in [5.74, 6) is 0.635. The molecule has 2 N–H and O–H groups in total. The molecular weight excluding hydrogens is 399 g/mol. The van der Waals surface area contributed by atoms with E-state index < -0.39 is 6.29 Å². The number of aromatic amines is 1. The first-order chi connectivity index (χ1) is 15.3. The van der Waals surface area contributed by atoms with Crippen molar-refractivity contribution in [3.05, 3.63) is 72.7 Å². The summed E-state index contributed by atoms with van der Waals surface area (Å²) in [5, 5.41) is 3.13. The van der Waals surface area contributed by atoms with Crippen molar-refractivity contribution in [3.8, 4) is 22.6 Å². The van der Waals surface area contributed by atoms with Crippen molar-refractivity contribution in [2.24, 2.45) is 0 Å². The fourth-order valence-electron chi connectivity index (χ4n) is 3.27. The average molecular weight is 418 g/mol. The number of halogens is 1. The van der Waals surface area contributed by atoms with Crippen molar-refractivity contribution in [1.82, 2.24) is 24.9 Å². The van der Waals surface area contributed by atoms with Crippen LogP contribution in [0.1, 0.15) is 18.5 Å². The van der Waals surface area contributed by atoms with Gasteiger partial charge in [-0.2, -0.15) is 0 Å². The van der Waals surface area contributed by atoms with Crippen LogP contribution in [0.25, 0.3) is 22.6 Å². The molecule has 0 atom stereocenters. The van der Waals surface area contributed by atoms with Crippen molar-refractivity contribution in [2.75, 3.05) is 18.5 Å². The number of pyridine rings is 1. The number of nitrogens with one attached hydrogen (secondary N) is 2. The normalized spacial score (nSPS) is 14.5. The molecule has 0 spiro atoms. The summed E-state index contributed by atoms with van der Waals surface area (Å²) in [6, 6.07) is 11.6. The molecule has 0 bridgehead atoms. The highest BCUT2D eigenvalue weighted by Gasteiger charge is 2.24. The smallest absolute Gasteiger partial charge is 0.227 e. The number of anilines is 2. The average Bonchev–Trinajstić information content (AvgIpc) is 3.27. The molecule has 8 nitrogen and oxygen atoms in total. The Morgan fingerprint density at radius 1 is 1.00 bits per heavy atom. The lowest BCUT2D eigenvalue weighted by Crippen LogP contribution is -2.18. The maximum absolute atomic E-state index is 13.5. The molecule has 5 rings (SSSR count). The molecular formula is C22H19FN6O2. The quantitative estimate of drug-likeness (QED) is 0.500. The highest BCUT2D eigenvalue weighted by atomic mass is 19.1. The van der Waals surface area contributed by atoms with E-state index in [-0.39, 0.29) is 5.82 Å². The largest absolute Gasteiger partial charge is 0.346 e. The van der Waals surface area contributed by atoms with Gasteiger partial charge in [-0.25, -0.2) is 19.3 Å². The molecule has 1 aliphatic rings. The van der Waals surface area contributed by atoms with Crippen molar-refractivity contribution < 1.29 is 13.9 Å². The molecule has 0 radical (unpaired) electrons. The van der Waals surface area contributed by atoms with Gasteiger partial charge >= 0.3 is 0 Å². The Morgan fingerprint density at radius 3 is 2.61 bits per heavy atom. The van der Waals surface area contributed by atoms with Gasteiger partial charge in [-0.15, -0.1) is 0 Å². The van der Waals surface area contributed by atoms with Crippen LogP contribution in [-0.4, -0.2) is 38.1 Å². The Balaban J connectivity index is 1.54. The first kappa shape index (κ1) is 19.3. The molecule has 0 amide bonds. The van der Waals surface area contributed by atoms with E-state index in [0.717, 1.165) is 17.7 Å². The van der Waals surface area contributed by atoms with Gasteiger partial charge in [0.15, 0.2) is 5.82 Å². The number of nitrogens with zero attached hydrogens (tertiary/aromatic N) is 4. The molecule has 0 unspecified atom stereocenters. The Bertz CT molecular complexity index is 1160. The van der Waals surface area contributed by atoms with Crippen LogP contribution < -0.4 is 5.32 Å². The number of H-pyrrole nitrogens is 1. The number of aromatic nitrogens is 5. The van der Waals surface area contributed by atoms with Gasteiger partial charge in [-0.1, -0.05) is 0 Å². The first-order valence-corrected chi connectivity index (χ1v) is 9.86. The molecule has 4 aromatic rings. The van der Waals surface area contributed by atoms with Crippen molar-refractivity contribution in [1.29, 1.82) is 0 Å². The Morgan fingerprint density at radius 2 is 1.84 bits per heavy atom. The summed E-state index contributed by atoms with van der Waals surface area (Å²) in [6.07, 6.45) is 5.29. The van der Waals surface area contributed by atoms with Crippen LogP contribution in [0.3, 0.4) is 0 Å². The molecule has 31 heavy (non-hydrogen) atoms. The summed E-state index contributed by atoms with van der Waals surface area (Å²) in [6.45, 7) is 1.19. The van der Waals surface area contributed by atoms with Crippen molar-refractivity contribution >= 4 is 11.6 Å². The SMILES string of the molecule is Fc1ccc(-c2nc(C3OCCCO3)[nH]c2-c2ccnc(Nc3cccnc3)n2)cc1. The number of imidazole rings is 1. The second-order valence-electron chi connectivity index (χ2n) is 6.91. The molecule has 3 aromatic heterocycles. The summed E-state index contributed by atoms with van der Waals surface area (Å²) < 4.78 is 24.9. The van der Waals surface area contributed by atoms with Crippen LogP contribution in [0.15, 0.2) is 61.1 Å². The summed E-state index contributed by atoms with van der Waals surface area (Å²) in [7, 11) is 0. The highest BCUT2D eigenvalue weighted by Crippen LogP contribution is 2.33. The second kappa shape index (κ2) is 8.58. The summed E-state index contributed by atoms with van der Waals surface area (Å²) in [5.41, 5.74) is 3.42. The van der Waals surface area contributed by atoms with E-state index in [2.05, 4.69) is 25.3 Å². The van der Waals surface area contributed by atoms with Gasteiger partial charge in [0.2, 0.25) is 12.2 Å². The van der Waals surface area contributed by atoms with E-state index in [9.17, 15) is 4.39 Å². The summed E-state index contributed by atoms with van der Waals surface area (Å²) in [4.78, 5) is 21.0. The number of benzene rings is 1. The van der Waals surface area contributed by atoms with Gasteiger partial charge in [-0.3, -0.25) is 4.98 Å². The van der Waals surface area contributed by atoms with Crippen LogP contribution in [0.4, 0.5) is 16.0 Å². The van der Waals surface area contributed by atoms with E-state index in [1.165, 1.54) is 12.1 Å². The molecule has 9 heteroatoms. The third-order valence-electron chi connectivity index (χ3n) is 4.72. The predicted molar refractivity (Wildman–Crippen MR) is 112 cm³/mol. The lowest BCUT2D eigenvalue weighted by molar-refractivity contribution is -0.186. The third kappa shape index (κ3) is 4.27. The fraction of sp³-hybridized carbons (Fsp3) is 0.182. The van der Waals surface area contributed by atoms with Crippen LogP contribution in [0.2, 0.25) is 0 Å². The van der Waals surface area contributed by atoms with Crippen LogP contribution in [0, 0.1) is 5.82 Å². The zero-order valence-corrected chi connectivity index (χ0v) is 16.5. The summed E-state index contributed by atoms with van der Waals surface area (Å²) >= 11 is 0. The van der Waals surface area contributed by atoms with Gasteiger partial charge in [0.25, 0.3) is 0 Å². The monoisotopic (exact) mass is 418 g/mol. The number of rotatable bonds is 5. The van der Waals surface area contributed by atoms with Gasteiger partial charge in [-0.05, 0) is 48.9 Å². The maximum Gasteiger partial charge on any atom is 0.227 e. The van der Waals surface area contributed by atoms with E-state index >= 15 is 0 Å². The first-order valence-electron chi connectivity index (χ1n) is 9.86. The van der Waals surface area contributed by atoms with Gasteiger partial charge < -0.3 is 19.8 Å². The highest BCUT2D eigenvalue weighted by molar-refractivity contribution is 5.77. The molecule has 1 aromatic carbocycles. The third-order valence-corrected chi connectivity index (χ3v) is 4.72. The molecule has 1 aliphatic heterocycles. The minimum absolute atomic E-state index is 0.315. The van der Waals surface area contributed by atoms with E-state index in [1.807, 2.05) is 12.1 Å². The molecule has 156 valence electrons. The number of hydrogen-bond acceptors (Lipinski definition) is 7.